The third kappa shape index (κ3) is 1.32. The molecule has 1 heterocycles. The van der Waals surface area contributed by atoms with Gasteiger partial charge in [0.05, 0.1) is 12.7 Å². The summed E-state index contributed by atoms with van der Waals surface area (Å²) in [5.74, 6) is 0. The zero-order chi connectivity index (χ0) is 7.61. The summed E-state index contributed by atoms with van der Waals surface area (Å²) in [6.45, 7) is 4.36. The Morgan fingerprint density at radius 3 is 2.50 bits per heavy atom. The summed E-state index contributed by atoms with van der Waals surface area (Å²) in [4.78, 5) is 0. The highest BCUT2D eigenvalue weighted by molar-refractivity contribution is 4.99. The van der Waals surface area contributed by atoms with Crippen LogP contribution in [-0.2, 0) is 4.74 Å². The average molecular weight is 144 g/mol. The smallest absolute Gasteiger partial charge is 0.117 e. The van der Waals surface area contributed by atoms with Gasteiger partial charge >= 0.3 is 0 Å². The first-order chi connectivity index (χ1) is 4.75. The molecule has 0 aromatic carbocycles. The number of hydrogen-bond acceptors (Lipinski definition) is 2. The molecular weight excluding hydrogens is 128 g/mol. The fourth-order valence-electron chi connectivity index (χ4n) is 1.30. The van der Waals surface area contributed by atoms with Crippen molar-refractivity contribution in [3.63, 3.8) is 0 Å². The molecule has 10 heavy (non-hydrogen) atoms. The SMILES string of the molecule is CCCCC1(CO)OC1C. The van der Waals surface area contributed by atoms with Crippen LogP contribution in [0.25, 0.3) is 0 Å². The Morgan fingerprint density at radius 2 is 2.20 bits per heavy atom. The number of aliphatic hydroxyl groups excluding tert-OH is 1. The first-order valence-electron chi connectivity index (χ1n) is 4.04. The minimum absolute atomic E-state index is 0.143. The number of unbranched alkanes of at least 4 members (excludes halogenated alkanes) is 1. The van der Waals surface area contributed by atoms with E-state index < -0.39 is 0 Å². The highest BCUT2D eigenvalue weighted by Gasteiger charge is 2.51. The largest absolute Gasteiger partial charge is 0.393 e. The number of ether oxygens (including phenoxy) is 1. The van der Waals surface area contributed by atoms with Gasteiger partial charge in [-0.1, -0.05) is 19.8 Å². The molecule has 60 valence electrons. The molecule has 2 unspecified atom stereocenters. The molecule has 0 aromatic heterocycles. The fourth-order valence-corrected chi connectivity index (χ4v) is 1.30. The standard InChI is InChI=1S/C8H16O2/c1-3-4-5-8(6-9)7(2)10-8/h7,9H,3-6H2,1-2H3. The van der Waals surface area contributed by atoms with Gasteiger partial charge in [0.15, 0.2) is 0 Å². The van der Waals surface area contributed by atoms with E-state index in [1.807, 2.05) is 6.92 Å². The maximum atomic E-state index is 8.93. The summed E-state index contributed by atoms with van der Waals surface area (Å²) >= 11 is 0. The molecular formula is C8H16O2. The average Bonchev–Trinajstić information content (AvgIpc) is 2.59. The van der Waals surface area contributed by atoms with Crippen LogP contribution in [0.2, 0.25) is 0 Å². The molecule has 1 fully saturated rings. The topological polar surface area (TPSA) is 32.8 Å². The van der Waals surface area contributed by atoms with Gasteiger partial charge in [-0.25, -0.2) is 0 Å². The lowest BCUT2D eigenvalue weighted by atomic mass is 10.0. The molecule has 2 heteroatoms. The van der Waals surface area contributed by atoms with Gasteiger partial charge in [0.25, 0.3) is 0 Å². The van der Waals surface area contributed by atoms with E-state index in [2.05, 4.69) is 6.92 Å². The Morgan fingerprint density at radius 1 is 1.60 bits per heavy atom. The normalized spacial score (nSPS) is 38.1. The van der Waals surface area contributed by atoms with Crippen molar-refractivity contribution < 1.29 is 9.84 Å². The van der Waals surface area contributed by atoms with Crippen molar-refractivity contribution in [2.75, 3.05) is 6.61 Å². The van der Waals surface area contributed by atoms with Gasteiger partial charge in [-0.05, 0) is 13.3 Å². The number of rotatable bonds is 4. The Labute approximate surface area is 62.2 Å². The maximum Gasteiger partial charge on any atom is 0.117 e. The lowest BCUT2D eigenvalue weighted by molar-refractivity contribution is 0.162. The molecule has 0 aliphatic carbocycles. The van der Waals surface area contributed by atoms with Crippen molar-refractivity contribution in [1.82, 2.24) is 0 Å². The molecule has 1 saturated heterocycles. The number of hydrogen-bond donors (Lipinski definition) is 1. The second-order valence-electron chi connectivity index (χ2n) is 3.09. The molecule has 0 spiro atoms. The van der Waals surface area contributed by atoms with Crippen molar-refractivity contribution in [2.24, 2.45) is 0 Å². The molecule has 2 nitrogen and oxygen atoms in total. The molecule has 2 atom stereocenters. The Balaban J connectivity index is 2.23. The lowest BCUT2D eigenvalue weighted by Crippen LogP contribution is -2.18. The summed E-state index contributed by atoms with van der Waals surface area (Å²) < 4.78 is 5.31. The number of aliphatic hydroxyl groups is 1. The van der Waals surface area contributed by atoms with E-state index in [0.29, 0.717) is 0 Å². The molecule has 1 N–H and O–H groups in total. The van der Waals surface area contributed by atoms with Crippen molar-refractivity contribution in [1.29, 1.82) is 0 Å². The fraction of sp³-hybridized carbons (Fsp3) is 1.00. The molecule has 0 amide bonds. The third-order valence-corrected chi connectivity index (χ3v) is 2.32. The quantitative estimate of drug-likeness (QED) is 0.604. The summed E-state index contributed by atoms with van der Waals surface area (Å²) in [7, 11) is 0. The Bertz CT molecular complexity index is 110. The molecule has 1 aliphatic rings. The summed E-state index contributed by atoms with van der Waals surface area (Å²) in [5.41, 5.74) is -0.143. The minimum Gasteiger partial charge on any atom is -0.393 e. The summed E-state index contributed by atoms with van der Waals surface area (Å²) in [6.07, 6.45) is 3.63. The molecule has 1 aliphatic heterocycles. The molecule has 0 radical (unpaired) electrons. The summed E-state index contributed by atoms with van der Waals surface area (Å²) in [6, 6.07) is 0. The Hall–Kier alpha value is -0.0800. The van der Waals surface area contributed by atoms with Gasteiger partial charge in [0, 0.05) is 0 Å². The first kappa shape index (κ1) is 8.02. The monoisotopic (exact) mass is 144 g/mol. The lowest BCUT2D eigenvalue weighted by Gasteiger charge is -2.06. The third-order valence-electron chi connectivity index (χ3n) is 2.32. The highest BCUT2D eigenvalue weighted by Crippen LogP contribution is 2.39. The van der Waals surface area contributed by atoms with Crippen LogP contribution in [0, 0.1) is 0 Å². The van der Waals surface area contributed by atoms with Crippen molar-refractivity contribution in [2.45, 2.75) is 44.8 Å². The van der Waals surface area contributed by atoms with E-state index in [4.69, 9.17) is 9.84 Å². The molecule has 0 aromatic rings. The molecule has 0 saturated carbocycles. The number of epoxide rings is 1. The van der Waals surface area contributed by atoms with E-state index in [1.165, 1.54) is 6.42 Å². The zero-order valence-corrected chi connectivity index (χ0v) is 6.76. The van der Waals surface area contributed by atoms with Crippen LogP contribution >= 0.6 is 0 Å². The van der Waals surface area contributed by atoms with Crippen LogP contribution in [0.3, 0.4) is 0 Å². The molecule has 1 rings (SSSR count). The van der Waals surface area contributed by atoms with E-state index >= 15 is 0 Å². The van der Waals surface area contributed by atoms with E-state index in [9.17, 15) is 0 Å². The summed E-state index contributed by atoms with van der Waals surface area (Å²) in [5, 5.41) is 8.93. The second-order valence-corrected chi connectivity index (χ2v) is 3.09. The second kappa shape index (κ2) is 2.89. The minimum atomic E-state index is -0.143. The van der Waals surface area contributed by atoms with E-state index in [-0.39, 0.29) is 18.3 Å². The van der Waals surface area contributed by atoms with Crippen molar-refractivity contribution in [3.05, 3.63) is 0 Å². The van der Waals surface area contributed by atoms with Crippen molar-refractivity contribution in [3.8, 4) is 0 Å². The Kier molecular flexibility index (Phi) is 2.32. The predicted octanol–water partition coefficient (Wildman–Crippen LogP) is 1.33. The van der Waals surface area contributed by atoms with Gasteiger partial charge in [-0.2, -0.15) is 0 Å². The van der Waals surface area contributed by atoms with Crippen LogP contribution in [0.5, 0.6) is 0 Å². The van der Waals surface area contributed by atoms with Gasteiger partial charge < -0.3 is 9.84 Å². The van der Waals surface area contributed by atoms with Gasteiger partial charge in [-0.15, -0.1) is 0 Å². The predicted molar refractivity (Wildman–Crippen MR) is 39.9 cm³/mol. The van der Waals surface area contributed by atoms with Crippen molar-refractivity contribution >= 4 is 0 Å². The van der Waals surface area contributed by atoms with E-state index in [1.54, 1.807) is 0 Å². The first-order valence-corrected chi connectivity index (χ1v) is 4.04. The van der Waals surface area contributed by atoms with Crippen LogP contribution in [-0.4, -0.2) is 23.4 Å². The zero-order valence-electron chi connectivity index (χ0n) is 6.76. The van der Waals surface area contributed by atoms with Crippen LogP contribution < -0.4 is 0 Å². The molecule has 0 bridgehead atoms. The highest BCUT2D eigenvalue weighted by atomic mass is 16.6. The van der Waals surface area contributed by atoms with Crippen LogP contribution in [0.4, 0.5) is 0 Å². The van der Waals surface area contributed by atoms with Gasteiger partial charge in [0.2, 0.25) is 0 Å². The maximum absolute atomic E-state index is 8.93. The van der Waals surface area contributed by atoms with Crippen LogP contribution in [0.1, 0.15) is 33.1 Å². The van der Waals surface area contributed by atoms with Crippen LogP contribution in [0.15, 0.2) is 0 Å². The van der Waals surface area contributed by atoms with Gasteiger partial charge in [0.1, 0.15) is 5.60 Å². The van der Waals surface area contributed by atoms with E-state index in [0.717, 1.165) is 12.8 Å². The van der Waals surface area contributed by atoms with Gasteiger partial charge in [-0.3, -0.25) is 0 Å².